The van der Waals surface area contributed by atoms with Crippen LogP contribution in [0.25, 0.3) is 0 Å². The maximum atomic E-state index is 8.26. The summed E-state index contributed by atoms with van der Waals surface area (Å²) in [4.78, 5) is 0. The van der Waals surface area contributed by atoms with Gasteiger partial charge in [0.15, 0.2) is 0 Å². The van der Waals surface area contributed by atoms with Gasteiger partial charge in [0.1, 0.15) is 6.79 Å². The molecule has 1 atom stereocenters. The van der Waals surface area contributed by atoms with Gasteiger partial charge in [-0.15, -0.1) is 0 Å². The van der Waals surface area contributed by atoms with Gasteiger partial charge in [-0.2, -0.15) is 5.26 Å². The first-order valence-electron chi connectivity index (χ1n) is 3.25. The molecule has 0 N–H and O–H groups in total. The van der Waals surface area contributed by atoms with Crippen molar-refractivity contribution in [2.75, 3.05) is 20.5 Å². The SMILES string of the molecule is COCOC[C@@H](C)CC#N. The second kappa shape index (κ2) is 6.53. The lowest BCUT2D eigenvalue weighted by Crippen LogP contribution is -2.06. The Balaban J connectivity index is 3.06. The highest BCUT2D eigenvalue weighted by Crippen LogP contribution is 1.99. The number of hydrogen-bond donors (Lipinski definition) is 0. The summed E-state index contributed by atoms with van der Waals surface area (Å²) in [5, 5.41) is 8.26. The summed E-state index contributed by atoms with van der Waals surface area (Å²) in [5.41, 5.74) is 0. The molecule has 0 unspecified atom stereocenters. The molecule has 3 heteroatoms. The predicted octanol–water partition coefficient (Wildman–Crippen LogP) is 1.16. The third kappa shape index (κ3) is 5.54. The van der Waals surface area contributed by atoms with Crippen molar-refractivity contribution in [2.45, 2.75) is 13.3 Å². The minimum atomic E-state index is 0.306. The molecule has 0 bridgehead atoms. The van der Waals surface area contributed by atoms with Gasteiger partial charge in [-0.25, -0.2) is 0 Å². The van der Waals surface area contributed by atoms with E-state index < -0.39 is 0 Å². The Bertz CT molecular complexity index is 109. The van der Waals surface area contributed by atoms with Gasteiger partial charge in [0, 0.05) is 13.5 Å². The second-order valence-corrected chi connectivity index (χ2v) is 2.24. The maximum absolute atomic E-state index is 8.26. The Hall–Kier alpha value is -0.590. The first-order chi connectivity index (χ1) is 4.81. The number of hydrogen-bond acceptors (Lipinski definition) is 3. The number of rotatable bonds is 5. The van der Waals surface area contributed by atoms with Crippen LogP contribution in [-0.2, 0) is 9.47 Å². The van der Waals surface area contributed by atoms with Crippen molar-refractivity contribution >= 4 is 0 Å². The van der Waals surface area contributed by atoms with Gasteiger partial charge >= 0.3 is 0 Å². The number of nitrogens with zero attached hydrogens (tertiary/aromatic N) is 1. The number of methoxy groups -OCH3 is 1. The van der Waals surface area contributed by atoms with Crippen molar-refractivity contribution in [3.05, 3.63) is 0 Å². The van der Waals surface area contributed by atoms with Gasteiger partial charge < -0.3 is 9.47 Å². The molecule has 0 radical (unpaired) electrons. The Labute approximate surface area is 61.5 Å². The molecule has 0 aromatic heterocycles. The van der Waals surface area contributed by atoms with E-state index in [9.17, 15) is 0 Å². The average Bonchev–Trinajstić information content (AvgIpc) is 1.89. The Morgan fingerprint density at radius 3 is 2.80 bits per heavy atom. The zero-order valence-corrected chi connectivity index (χ0v) is 6.46. The van der Waals surface area contributed by atoms with Gasteiger partial charge in [0.25, 0.3) is 0 Å². The molecule has 0 spiro atoms. The van der Waals surface area contributed by atoms with E-state index in [1.807, 2.05) is 6.92 Å². The maximum Gasteiger partial charge on any atom is 0.146 e. The molecule has 0 saturated heterocycles. The van der Waals surface area contributed by atoms with E-state index in [1.54, 1.807) is 7.11 Å². The van der Waals surface area contributed by atoms with Crippen LogP contribution in [0.5, 0.6) is 0 Å². The van der Waals surface area contributed by atoms with Gasteiger partial charge in [-0.3, -0.25) is 0 Å². The zero-order valence-electron chi connectivity index (χ0n) is 6.46. The summed E-state index contributed by atoms with van der Waals surface area (Å²) >= 11 is 0. The van der Waals surface area contributed by atoms with E-state index in [1.165, 1.54) is 0 Å². The summed E-state index contributed by atoms with van der Waals surface area (Å²) < 4.78 is 9.69. The van der Waals surface area contributed by atoms with Crippen LogP contribution in [0.1, 0.15) is 13.3 Å². The molecular formula is C7H13NO2. The minimum absolute atomic E-state index is 0.306. The van der Waals surface area contributed by atoms with E-state index in [0.717, 1.165) is 0 Å². The number of nitriles is 1. The first kappa shape index (κ1) is 9.41. The topological polar surface area (TPSA) is 42.2 Å². The van der Waals surface area contributed by atoms with E-state index >= 15 is 0 Å². The summed E-state index contributed by atoms with van der Waals surface area (Å²) in [6.45, 7) is 2.88. The molecule has 10 heavy (non-hydrogen) atoms. The molecule has 0 aliphatic rings. The smallest absolute Gasteiger partial charge is 0.146 e. The average molecular weight is 143 g/mol. The third-order valence-electron chi connectivity index (χ3n) is 1.04. The Morgan fingerprint density at radius 2 is 2.30 bits per heavy atom. The molecule has 0 aromatic rings. The largest absolute Gasteiger partial charge is 0.359 e. The van der Waals surface area contributed by atoms with Crippen LogP contribution in [0.2, 0.25) is 0 Å². The fourth-order valence-corrected chi connectivity index (χ4v) is 0.547. The fourth-order valence-electron chi connectivity index (χ4n) is 0.547. The lowest BCUT2D eigenvalue weighted by atomic mass is 10.1. The van der Waals surface area contributed by atoms with Crippen LogP contribution in [0.4, 0.5) is 0 Å². The van der Waals surface area contributed by atoms with Gasteiger partial charge in [0.2, 0.25) is 0 Å². The van der Waals surface area contributed by atoms with Gasteiger partial charge in [-0.05, 0) is 5.92 Å². The van der Waals surface area contributed by atoms with E-state index in [2.05, 4.69) is 10.8 Å². The molecule has 0 aliphatic heterocycles. The Kier molecular flexibility index (Phi) is 6.14. The molecule has 0 aromatic carbocycles. The van der Waals surface area contributed by atoms with Crippen molar-refractivity contribution in [2.24, 2.45) is 5.92 Å². The summed E-state index contributed by atoms with van der Waals surface area (Å²) in [6, 6.07) is 2.07. The lowest BCUT2D eigenvalue weighted by Gasteiger charge is -2.06. The molecule has 0 heterocycles. The fraction of sp³-hybridized carbons (Fsp3) is 0.857. The summed E-state index contributed by atoms with van der Waals surface area (Å²) in [6.07, 6.45) is 0.545. The van der Waals surface area contributed by atoms with Crippen LogP contribution >= 0.6 is 0 Å². The highest BCUT2D eigenvalue weighted by Gasteiger charge is 1.99. The second-order valence-electron chi connectivity index (χ2n) is 2.24. The molecule has 58 valence electrons. The standard InChI is InChI=1S/C7H13NO2/c1-7(3-4-8)5-10-6-9-2/h7H,3,5-6H2,1-2H3/t7-/m0/s1. The van der Waals surface area contributed by atoms with Crippen molar-refractivity contribution in [1.29, 1.82) is 5.26 Å². The third-order valence-corrected chi connectivity index (χ3v) is 1.04. The van der Waals surface area contributed by atoms with Crippen LogP contribution in [0, 0.1) is 17.2 Å². The van der Waals surface area contributed by atoms with Crippen LogP contribution < -0.4 is 0 Å². The van der Waals surface area contributed by atoms with Crippen LogP contribution in [-0.4, -0.2) is 20.5 Å². The molecule has 0 saturated carbocycles. The van der Waals surface area contributed by atoms with Crippen molar-refractivity contribution in [1.82, 2.24) is 0 Å². The Morgan fingerprint density at radius 1 is 1.60 bits per heavy atom. The molecule has 0 aliphatic carbocycles. The molecule has 0 rings (SSSR count). The van der Waals surface area contributed by atoms with Gasteiger partial charge in [-0.1, -0.05) is 6.92 Å². The van der Waals surface area contributed by atoms with Gasteiger partial charge in [0.05, 0.1) is 12.7 Å². The van der Waals surface area contributed by atoms with Crippen LogP contribution in [0.15, 0.2) is 0 Å². The summed E-state index contributed by atoms with van der Waals surface area (Å²) in [7, 11) is 1.58. The molecular weight excluding hydrogens is 130 g/mol. The van der Waals surface area contributed by atoms with E-state index in [0.29, 0.717) is 25.7 Å². The zero-order chi connectivity index (χ0) is 7.82. The molecule has 0 amide bonds. The van der Waals surface area contributed by atoms with Crippen molar-refractivity contribution in [3.63, 3.8) is 0 Å². The monoisotopic (exact) mass is 143 g/mol. The normalized spacial score (nSPS) is 12.5. The highest BCUT2D eigenvalue weighted by atomic mass is 16.7. The lowest BCUT2D eigenvalue weighted by molar-refractivity contribution is -0.0410. The first-order valence-corrected chi connectivity index (χ1v) is 3.25. The summed E-state index contributed by atoms with van der Waals surface area (Å²) in [5.74, 6) is 0.306. The van der Waals surface area contributed by atoms with Crippen molar-refractivity contribution < 1.29 is 9.47 Å². The molecule has 3 nitrogen and oxygen atoms in total. The van der Waals surface area contributed by atoms with E-state index in [-0.39, 0.29) is 0 Å². The van der Waals surface area contributed by atoms with Crippen molar-refractivity contribution in [3.8, 4) is 6.07 Å². The van der Waals surface area contributed by atoms with E-state index in [4.69, 9.17) is 10.00 Å². The molecule has 0 fully saturated rings. The predicted molar refractivity (Wildman–Crippen MR) is 37.2 cm³/mol. The highest BCUT2D eigenvalue weighted by molar-refractivity contribution is 4.72. The number of ether oxygens (including phenoxy) is 2. The quantitative estimate of drug-likeness (QED) is 0.428. The minimum Gasteiger partial charge on any atom is -0.359 e. The van der Waals surface area contributed by atoms with Crippen LogP contribution in [0.3, 0.4) is 0 Å².